The fraction of sp³-hybridized carbons (Fsp3) is 0.611. The largest absolute Gasteiger partial charge is 0.371 e. The van der Waals surface area contributed by atoms with Gasteiger partial charge in [0.15, 0.2) is 0 Å². The highest BCUT2D eigenvalue weighted by Crippen LogP contribution is 2.36. The van der Waals surface area contributed by atoms with Crippen LogP contribution in [-0.2, 0) is 18.3 Å². The first kappa shape index (κ1) is 16.5. The van der Waals surface area contributed by atoms with E-state index in [9.17, 15) is 0 Å². The van der Waals surface area contributed by atoms with Crippen LogP contribution >= 0.6 is 0 Å². The second-order valence-electron chi connectivity index (χ2n) is 7.37. The van der Waals surface area contributed by atoms with Crippen LogP contribution in [0.5, 0.6) is 0 Å². The lowest BCUT2D eigenvalue weighted by atomic mass is 9.88. The van der Waals surface area contributed by atoms with E-state index in [2.05, 4.69) is 37.0 Å². The molecule has 2 aromatic rings. The highest BCUT2D eigenvalue weighted by Gasteiger charge is 2.43. The Morgan fingerprint density at radius 1 is 1.36 bits per heavy atom. The number of nitrogens with one attached hydrogen (secondary N) is 1. The first-order valence-corrected chi connectivity index (χ1v) is 9.01. The van der Waals surface area contributed by atoms with Gasteiger partial charge in [0.05, 0.1) is 30.5 Å². The van der Waals surface area contributed by atoms with Crippen LogP contribution in [0.25, 0.3) is 0 Å². The molecule has 0 aromatic carbocycles. The molecular weight excluding hydrogens is 316 g/mol. The number of anilines is 1. The summed E-state index contributed by atoms with van der Waals surface area (Å²) < 4.78 is 8.38. The normalized spacial score (nSPS) is 27.0. The lowest BCUT2D eigenvalue weighted by Crippen LogP contribution is -2.48. The van der Waals surface area contributed by atoms with Gasteiger partial charge in [-0.25, -0.2) is 4.98 Å². The molecule has 1 N–H and O–H groups in total. The highest BCUT2D eigenvalue weighted by atomic mass is 16.5. The van der Waals surface area contributed by atoms with Crippen molar-refractivity contribution in [3.63, 3.8) is 0 Å². The van der Waals surface area contributed by atoms with Crippen LogP contribution in [0.3, 0.4) is 0 Å². The van der Waals surface area contributed by atoms with Crippen LogP contribution in [-0.4, -0.2) is 56.0 Å². The SMILES string of the molecule is Cc1ccc(N[C@@H]2CO[C@]3(CCCN(Cc4nccn4C)C3)C2)nn1. The summed E-state index contributed by atoms with van der Waals surface area (Å²) in [6.45, 7) is 5.64. The van der Waals surface area contributed by atoms with Gasteiger partial charge in [0.25, 0.3) is 0 Å². The molecule has 4 heterocycles. The summed E-state index contributed by atoms with van der Waals surface area (Å²) in [5.41, 5.74) is 0.890. The van der Waals surface area contributed by atoms with E-state index in [0.717, 1.165) is 56.4 Å². The van der Waals surface area contributed by atoms with Crippen molar-refractivity contribution >= 4 is 5.82 Å². The number of hydrogen-bond donors (Lipinski definition) is 1. The molecule has 0 aliphatic carbocycles. The summed E-state index contributed by atoms with van der Waals surface area (Å²) in [6, 6.07) is 4.27. The molecule has 7 heteroatoms. The van der Waals surface area contributed by atoms with Crippen LogP contribution in [0.4, 0.5) is 5.82 Å². The predicted molar refractivity (Wildman–Crippen MR) is 95.2 cm³/mol. The van der Waals surface area contributed by atoms with Crippen molar-refractivity contribution in [3.8, 4) is 0 Å². The van der Waals surface area contributed by atoms with Gasteiger partial charge in [-0.3, -0.25) is 4.90 Å². The van der Waals surface area contributed by atoms with Crippen molar-refractivity contribution in [2.45, 2.75) is 44.4 Å². The maximum Gasteiger partial charge on any atom is 0.148 e. The van der Waals surface area contributed by atoms with Gasteiger partial charge in [0.2, 0.25) is 0 Å². The van der Waals surface area contributed by atoms with Crippen LogP contribution in [0.15, 0.2) is 24.5 Å². The number of imidazole rings is 1. The highest BCUT2D eigenvalue weighted by molar-refractivity contribution is 5.34. The molecule has 0 saturated carbocycles. The number of aryl methyl sites for hydroxylation is 2. The molecule has 134 valence electrons. The molecule has 2 atom stereocenters. The first-order chi connectivity index (χ1) is 12.1. The fourth-order valence-corrected chi connectivity index (χ4v) is 3.98. The van der Waals surface area contributed by atoms with Gasteiger partial charge in [0.1, 0.15) is 11.6 Å². The zero-order valence-electron chi connectivity index (χ0n) is 15.0. The maximum atomic E-state index is 6.29. The molecule has 7 nitrogen and oxygen atoms in total. The number of aromatic nitrogens is 4. The molecule has 4 rings (SSSR count). The molecule has 2 aliphatic heterocycles. The van der Waals surface area contributed by atoms with E-state index >= 15 is 0 Å². The Bertz CT molecular complexity index is 715. The lowest BCUT2D eigenvalue weighted by Gasteiger charge is -2.39. The first-order valence-electron chi connectivity index (χ1n) is 9.01. The van der Waals surface area contributed by atoms with E-state index in [1.165, 1.54) is 6.42 Å². The van der Waals surface area contributed by atoms with Crippen molar-refractivity contribution in [1.82, 2.24) is 24.6 Å². The number of rotatable bonds is 4. The van der Waals surface area contributed by atoms with Crippen molar-refractivity contribution in [1.29, 1.82) is 0 Å². The third-order valence-electron chi connectivity index (χ3n) is 5.26. The Kier molecular flexibility index (Phi) is 4.43. The standard InChI is InChI=1S/C18H26N6O/c1-14-4-5-16(22-21-14)20-15-10-18(25-12-15)6-3-8-24(13-18)11-17-19-7-9-23(17)2/h4-5,7,9,15H,3,6,8,10-13H2,1-2H3,(H,20,22)/t15-,18+/m0/s1. The Balaban J connectivity index is 1.37. The average molecular weight is 342 g/mol. The molecule has 0 bridgehead atoms. The molecule has 0 amide bonds. The second-order valence-corrected chi connectivity index (χ2v) is 7.37. The number of nitrogens with zero attached hydrogens (tertiary/aromatic N) is 5. The maximum absolute atomic E-state index is 6.29. The summed E-state index contributed by atoms with van der Waals surface area (Å²) in [6.07, 6.45) is 7.18. The number of piperidine rings is 1. The van der Waals surface area contributed by atoms with Crippen molar-refractivity contribution in [2.75, 3.05) is 25.0 Å². The molecule has 2 aromatic heterocycles. The lowest BCUT2D eigenvalue weighted by molar-refractivity contribution is -0.0539. The molecule has 2 aliphatic rings. The minimum Gasteiger partial charge on any atom is -0.371 e. The Morgan fingerprint density at radius 2 is 2.28 bits per heavy atom. The van der Waals surface area contributed by atoms with Crippen molar-refractivity contribution in [2.24, 2.45) is 7.05 Å². The third-order valence-corrected chi connectivity index (χ3v) is 5.26. The van der Waals surface area contributed by atoms with E-state index in [-0.39, 0.29) is 5.60 Å². The summed E-state index contributed by atoms with van der Waals surface area (Å²) in [5, 5.41) is 11.8. The van der Waals surface area contributed by atoms with Crippen molar-refractivity contribution < 1.29 is 4.74 Å². The van der Waals surface area contributed by atoms with Gasteiger partial charge in [-0.1, -0.05) is 0 Å². The molecule has 0 unspecified atom stereocenters. The van der Waals surface area contributed by atoms with Crippen molar-refractivity contribution in [3.05, 3.63) is 36.0 Å². The average Bonchev–Trinajstić information content (AvgIpc) is 3.17. The zero-order valence-corrected chi connectivity index (χ0v) is 15.0. The van der Waals surface area contributed by atoms with Gasteiger partial charge >= 0.3 is 0 Å². The van der Waals surface area contributed by atoms with Gasteiger partial charge in [0, 0.05) is 32.4 Å². The Morgan fingerprint density at radius 3 is 3.04 bits per heavy atom. The topological polar surface area (TPSA) is 68.1 Å². The van der Waals surface area contributed by atoms with Crippen LogP contribution in [0, 0.1) is 6.92 Å². The van der Waals surface area contributed by atoms with Gasteiger partial charge < -0.3 is 14.6 Å². The molecular formula is C18H26N6O. The predicted octanol–water partition coefficient (Wildman–Crippen LogP) is 1.75. The monoisotopic (exact) mass is 342 g/mol. The fourth-order valence-electron chi connectivity index (χ4n) is 3.98. The quantitative estimate of drug-likeness (QED) is 0.913. The Hall–Kier alpha value is -1.99. The van der Waals surface area contributed by atoms with Gasteiger partial charge in [-0.05, 0) is 38.4 Å². The molecule has 1 spiro atoms. The van der Waals surface area contributed by atoms with E-state index in [0.29, 0.717) is 6.04 Å². The zero-order chi connectivity index (χ0) is 17.3. The van der Waals surface area contributed by atoms with Gasteiger partial charge in [-0.15, -0.1) is 5.10 Å². The van der Waals surface area contributed by atoms with Crippen LogP contribution in [0.2, 0.25) is 0 Å². The van der Waals surface area contributed by atoms with E-state index < -0.39 is 0 Å². The number of likely N-dealkylation sites (tertiary alicyclic amines) is 1. The van der Waals surface area contributed by atoms with E-state index in [1.54, 1.807) is 0 Å². The molecule has 0 radical (unpaired) electrons. The minimum atomic E-state index is -0.0425. The number of hydrogen-bond acceptors (Lipinski definition) is 6. The number of ether oxygens (including phenoxy) is 1. The molecule has 25 heavy (non-hydrogen) atoms. The van der Waals surface area contributed by atoms with Crippen LogP contribution in [0.1, 0.15) is 30.8 Å². The van der Waals surface area contributed by atoms with Gasteiger partial charge in [-0.2, -0.15) is 5.10 Å². The molecule has 2 fully saturated rings. The van der Waals surface area contributed by atoms with E-state index in [4.69, 9.17) is 4.74 Å². The summed E-state index contributed by atoms with van der Waals surface area (Å²) in [4.78, 5) is 6.93. The smallest absolute Gasteiger partial charge is 0.148 e. The minimum absolute atomic E-state index is 0.0425. The third kappa shape index (κ3) is 3.67. The second kappa shape index (κ2) is 6.72. The summed E-state index contributed by atoms with van der Waals surface area (Å²) in [5.74, 6) is 1.94. The molecule has 2 saturated heterocycles. The van der Waals surface area contributed by atoms with Crippen LogP contribution < -0.4 is 5.32 Å². The summed E-state index contributed by atoms with van der Waals surface area (Å²) in [7, 11) is 2.05. The summed E-state index contributed by atoms with van der Waals surface area (Å²) >= 11 is 0. The Labute approximate surface area is 148 Å². The van der Waals surface area contributed by atoms with E-state index in [1.807, 2.05) is 31.5 Å².